The molecular weight excluding hydrogens is 409 g/mol. The monoisotopic (exact) mass is 430 g/mol. The van der Waals surface area contributed by atoms with Crippen LogP contribution < -0.4 is 10.0 Å². The molecule has 4 N–H and O–H groups in total. The largest absolute Gasteiger partial charge is 0.394 e. The van der Waals surface area contributed by atoms with Crippen LogP contribution in [0.5, 0.6) is 0 Å². The third-order valence-corrected chi connectivity index (χ3v) is 7.12. The van der Waals surface area contributed by atoms with Crippen LogP contribution in [0.1, 0.15) is 24.8 Å². The topological polar surface area (TPSA) is 98.7 Å². The third-order valence-electron chi connectivity index (χ3n) is 4.92. The summed E-state index contributed by atoms with van der Waals surface area (Å²) in [5.74, 6) is -3.32. The lowest BCUT2D eigenvalue weighted by Gasteiger charge is -2.22. The number of aliphatic hydroxyl groups excluding tert-OH is 2. The van der Waals surface area contributed by atoms with Gasteiger partial charge in [0, 0.05) is 0 Å². The van der Waals surface area contributed by atoms with E-state index in [0.717, 1.165) is 12.1 Å². The molecule has 0 radical (unpaired) electrons. The SMILES string of the molecule is Cc1ccc(Nc2c(NS(=O)(=O)C3(C[C@@H](O)CO)CC3)ccc(F)c2F)c(F)c1. The highest BCUT2D eigenvalue weighted by atomic mass is 32.2. The number of sulfonamides is 1. The van der Waals surface area contributed by atoms with Crippen molar-refractivity contribution in [1.29, 1.82) is 0 Å². The molecule has 0 unspecified atom stereocenters. The Kier molecular flexibility index (Phi) is 5.79. The molecule has 158 valence electrons. The average molecular weight is 430 g/mol. The number of halogens is 3. The first-order valence-electron chi connectivity index (χ1n) is 8.91. The van der Waals surface area contributed by atoms with E-state index in [0.29, 0.717) is 5.56 Å². The molecule has 1 saturated carbocycles. The highest BCUT2D eigenvalue weighted by Crippen LogP contribution is 2.48. The van der Waals surface area contributed by atoms with Crippen molar-refractivity contribution in [1.82, 2.24) is 0 Å². The normalized spacial score (nSPS) is 16.3. The number of aryl methyl sites for hydroxylation is 1. The molecule has 0 amide bonds. The van der Waals surface area contributed by atoms with Crippen molar-refractivity contribution in [3.63, 3.8) is 0 Å². The van der Waals surface area contributed by atoms with E-state index in [1.165, 1.54) is 12.1 Å². The third kappa shape index (κ3) is 4.34. The molecule has 0 spiro atoms. The highest BCUT2D eigenvalue weighted by molar-refractivity contribution is 7.94. The summed E-state index contributed by atoms with van der Waals surface area (Å²) in [6.45, 7) is 1.06. The van der Waals surface area contributed by atoms with Crippen LogP contribution in [0.15, 0.2) is 30.3 Å². The zero-order chi connectivity index (χ0) is 21.4. The Balaban J connectivity index is 1.95. The highest BCUT2D eigenvalue weighted by Gasteiger charge is 2.55. The predicted octanol–water partition coefficient (Wildman–Crippen LogP) is 3.17. The van der Waals surface area contributed by atoms with Crippen LogP contribution in [0.2, 0.25) is 0 Å². The summed E-state index contributed by atoms with van der Waals surface area (Å²) in [6.07, 6.45) is -0.924. The average Bonchev–Trinajstić information content (AvgIpc) is 3.44. The fraction of sp³-hybridized carbons (Fsp3) is 0.368. The lowest BCUT2D eigenvalue weighted by Crippen LogP contribution is -2.34. The van der Waals surface area contributed by atoms with Crippen LogP contribution in [-0.4, -0.2) is 36.1 Å². The second kappa shape index (κ2) is 7.85. The van der Waals surface area contributed by atoms with Gasteiger partial charge in [-0.25, -0.2) is 21.6 Å². The second-order valence-electron chi connectivity index (χ2n) is 7.22. The van der Waals surface area contributed by atoms with Crippen molar-refractivity contribution in [3.8, 4) is 0 Å². The van der Waals surface area contributed by atoms with E-state index in [-0.39, 0.29) is 30.6 Å². The number of hydrogen-bond acceptors (Lipinski definition) is 5. The van der Waals surface area contributed by atoms with E-state index in [9.17, 15) is 26.7 Å². The standard InChI is InChI=1S/C19H21F3N2O4S/c1-11-2-4-15(14(21)8-11)23-18-16(5-3-13(20)17(18)22)24-29(27,28)19(6-7-19)9-12(26)10-25/h2-5,8,12,23-26H,6-7,9-10H2,1H3/t12-/m1/s1. The Morgan fingerprint density at radius 3 is 2.34 bits per heavy atom. The van der Waals surface area contributed by atoms with Gasteiger partial charge in [0.2, 0.25) is 10.0 Å². The first kappa shape index (κ1) is 21.4. The zero-order valence-electron chi connectivity index (χ0n) is 15.5. The molecule has 3 rings (SSSR count). The maximum Gasteiger partial charge on any atom is 0.238 e. The molecule has 29 heavy (non-hydrogen) atoms. The summed E-state index contributed by atoms with van der Waals surface area (Å²) in [7, 11) is -4.11. The fourth-order valence-corrected chi connectivity index (χ4v) is 4.81. The molecule has 2 aromatic rings. The molecule has 1 fully saturated rings. The van der Waals surface area contributed by atoms with E-state index >= 15 is 0 Å². The lowest BCUT2D eigenvalue weighted by molar-refractivity contribution is 0.0858. The van der Waals surface area contributed by atoms with Crippen molar-refractivity contribution in [2.45, 2.75) is 37.0 Å². The van der Waals surface area contributed by atoms with Gasteiger partial charge in [-0.1, -0.05) is 6.07 Å². The summed E-state index contributed by atoms with van der Waals surface area (Å²) in [5, 5.41) is 21.1. The minimum Gasteiger partial charge on any atom is -0.394 e. The van der Waals surface area contributed by atoms with Gasteiger partial charge in [-0.3, -0.25) is 4.72 Å². The quantitative estimate of drug-likeness (QED) is 0.516. The molecule has 0 saturated heterocycles. The zero-order valence-corrected chi connectivity index (χ0v) is 16.4. The van der Waals surface area contributed by atoms with E-state index in [2.05, 4.69) is 10.0 Å². The molecule has 0 aromatic heterocycles. The van der Waals surface area contributed by atoms with Crippen LogP contribution >= 0.6 is 0 Å². The van der Waals surface area contributed by atoms with Gasteiger partial charge in [0.1, 0.15) is 11.5 Å². The molecule has 0 bridgehead atoms. The predicted molar refractivity (Wildman–Crippen MR) is 103 cm³/mol. The Hall–Kier alpha value is -2.30. The van der Waals surface area contributed by atoms with Crippen LogP contribution in [0.4, 0.5) is 30.2 Å². The molecule has 10 heteroatoms. The van der Waals surface area contributed by atoms with Gasteiger partial charge in [-0.2, -0.15) is 0 Å². The van der Waals surface area contributed by atoms with Gasteiger partial charge in [0.05, 0.1) is 28.8 Å². The van der Waals surface area contributed by atoms with Gasteiger partial charge in [0.25, 0.3) is 0 Å². The van der Waals surface area contributed by atoms with Crippen molar-refractivity contribution < 1.29 is 31.8 Å². The van der Waals surface area contributed by atoms with E-state index in [1.807, 2.05) is 0 Å². The lowest BCUT2D eigenvalue weighted by atomic mass is 10.2. The summed E-state index contributed by atoms with van der Waals surface area (Å²) in [6, 6.07) is 5.86. The van der Waals surface area contributed by atoms with Crippen molar-refractivity contribution in [2.75, 3.05) is 16.6 Å². The number of aliphatic hydroxyl groups is 2. The van der Waals surface area contributed by atoms with Gasteiger partial charge >= 0.3 is 0 Å². The molecule has 1 aliphatic carbocycles. The van der Waals surface area contributed by atoms with Crippen molar-refractivity contribution in [3.05, 3.63) is 53.3 Å². The molecule has 1 atom stereocenters. The molecular formula is C19H21F3N2O4S. The van der Waals surface area contributed by atoms with Gasteiger partial charge in [-0.15, -0.1) is 0 Å². The number of anilines is 3. The Morgan fingerprint density at radius 2 is 1.76 bits per heavy atom. The number of hydrogen-bond donors (Lipinski definition) is 4. The minimum atomic E-state index is -4.11. The molecule has 6 nitrogen and oxygen atoms in total. The first-order valence-corrected chi connectivity index (χ1v) is 10.4. The number of benzene rings is 2. The van der Waals surface area contributed by atoms with Crippen LogP contribution in [0.25, 0.3) is 0 Å². The van der Waals surface area contributed by atoms with Crippen LogP contribution in [-0.2, 0) is 10.0 Å². The maximum absolute atomic E-state index is 14.4. The minimum absolute atomic E-state index is 0.155. The molecule has 2 aromatic carbocycles. The Bertz CT molecular complexity index is 1030. The van der Waals surface area contributed by atoms with Crippen LogP contribution in [0, 0.1) is 24.4 Å². The van der Waals surface area contributed by atoms with Gasteiger partial charge in [0.15, 0.2) is 11.6 Å². The van der Waals surface area contributed by atoms with Gasteiger partial charge in [-0.05, 0) is 56.0 Å². The van der Waals surface area contributed by atoms with Crippen molar-refractivity contribution >= 4 is 27.1 Å². The first-order chi connectivity index (χ1) is 13.6. The van der Waals surface area contributed by atoms with E-state index < -0.39 is 50.6 Å². The maximum atomic E-state index is 14.4. The Labute approximate surface area is 166 Å². The second-order valence-corrected chi connectivity index (χ2v) is 9.30. The number of nitrogens with one attached hydrogen (secondary N) is 2. The molecule has 0 aliphatic heterocycles. The molecule has 0 heterocycles. The van der Waals surface area contributed by atoms with E-state index in [4.69, 9.17) is 5.11 Å². The van der Waals surface area contributed by atoms with Gasteiger partial charge < -0.3 is 15.5 Å². The van der Waals surface area contributed by atoms with Crippen LogP contribution in [0.3, 0.4) is 0 Å². The Morgan fingerprint density at radius 1 is 1.10 bits per heavy atom. The number of rotatable bonds is 8. The van der Waals surface area contributed by atoms with E-state index in [1.54, 1.807) is 13.0 Å². The summed E-state index contributed by atoms with van der Waals surface area (Å²) < 4.78 is 68.9. The summed E-state index contributed by atoms with van der Waals surface area (Å²) in [4.78, 5) is 0. The molecule has 1 aliphatic rings. The van der Waals surface area contributed by atoms with Crippen molar-refractivity contribution in [2.24, 2.45) is 0 Å². The fourth-order valence-electron chi connectivity index (χ4n) is 3.08. The smallest absolute Gasteiger partial charge is 0.238 e. The summed E-state index contributed by atoms with van der Waals surface area (Å²) >= 11 is 0. The summed E-state index contributed by atoms with van der Waals surface area (Å²) in [5.41, 5.74) is -0.396.